The second-order valence-corrected chi connectivity index (χ2v) is 4.93. The summed E-state index contributed by atoms with van der Waals surface area (Å²) in [5, 5.41) is 4.37. The molecule has 4 nitrogen and oxygen atoms in total. The van der Waals surface area contributed by atoms with Crippen LogP contribution in [0.25, 0.3) is 0 Å². The number of benzene rings is 1. The number of nitrogens with zero attached hydrogens (tertiary/aromatic N) is 2. The van der Waals surface area contributed by atoms with Crippen molar-refractivity contribution < 1.29 is 9.13 Å². The molecule has 0 spiro atoms. The highest BCUT2D eigenvalue weighted by molar-refractivity contribution is 9.10. The van der Waals surface area contributed by atoms with Gasteiger partial charge in [-0.3, -0.25) is 4.68 Å². The molecule has 0 radical (unpaired) electrons. The number of rotatable bonds is 4. The fourth-order valence-electron chi connectivity index (χ4n) is 1.76. The van der Waals surface area contributed by atoms with Gasteiger partial charge in [-0.25, -0.2) is 4.39 Å². The molecule has 2 rings (SSSR count). The average molecular weight is 328 g/mol. The maximum atomic E-state index is 13.3. The molecule has 6 heteroatoms. The van der Waals surface area contributed by atoms with Gasteiger partial charge < -0.3 is 10.5 Å². The van der Waals surface area contributed by atoms with Crippen LogP contribution in [0.3, 0.4) is 0 Å². The highest BCUT2D eigenvalue weighted by Crippen LogP contribution is 2.24. The third-order valence-corrected chi connectivity index (χ3v) is 3.83. The van der Waals surface area contributed by atoms with E-state index in [1.807, 2.05) is 18.5 Å². The SMILES string of the molecule is CCn1nc(C)c(Br)c1COc1ccc(N)c(F)c1. The molecule has 0 amide bonds. The molecule has 0 aliphatic carbocycles. The molecular weight excluding hydrogens is 313 g/mol. The molecule has 0 aliphatic rings. The number of nitrogens with two attached hydrogens (primary N) is 1. The summed E-state index contributed by atoms with van der Waals surface area (Å²) in [7, 11) is 0. The molecule has 2 aromatic rings. The van der Waals surface area contributed by atoms with E-state index in [0.717, 1.165) is 22.4 Å². The Labute approximate surface area is 119 Å². The summed E-state index contributed by atoms with van der Waals surface area (Å²) in [4.78, 5) is 0. The first-order valence-corrected chi connectivity index (χ1v) is 6.71. The molecular formula is C13H15BrFN3O. The van der Waals surface area contributed by atoms with E-state index < -0.39 is 5.82 Å². The molecule has 0 fully saturated rings. The van der Waals surface area contributed by atoms with Crippen LogP contribution in [-0.4, -0.2) is 9.78 Å². The van der Waals surface area contributed by atoms with Crippen molar-refractivity contribution in [1.82, 2.24) is 9.78 Å². The summed E-state index contributed by atoms with van der Waals surface area (Å²) >= 11 is 3.48. The quantitative estimate of drug-likeness (QED) is 0.877. The molecule has 19 heavy (non-hydrogen) atoms. The molecule has 102 valence electrons. The summed E-state index contributed by atoms with van der Waals surface area (Å²) in [5.74, 6) is -0.0307. The summed E-state index contributed by atoms with van der Waals surface area (Å²) in [6, 6.07) is 4.41. The molecule has 1 aromatic carbocycles. The van der Waals surface area contributed by atoms with Crippen LogP contribution in [0.1, 0.15) is 18.3 Å². The largest absolute Gasteiger partial charge is 0.487 e. The zero-order valence-electron chi connectivity index (χ0n) is 10.8. The first-order valence-electron chi connectivity index (χ1n) is 5.92. The lowest BCUT2D eigenvalue weighted by molar-refractivity contribution is 0.290. The minimum Gasteiger partial charge on any atom is -0.487 e. The third-order valence-electron chi connectivity index (χ3n) is 2.80. The summed E-state index contributed by atoms with van der Waals surface area (Å²) < 4.78 is 21.7. The average Bonchev–Trinajstić information content (AvgIpc) is 2.67. The normalized spacial score (nSPS) is 10.7. The van der Waals surface area contributed by atoms with Gasteiger partial charge in [-0.2, -0.15) is 5.10 Å². The fourth-order valence-corrected chi connectivity index (χ4v) is 2.15. The first-order chi connectivity index (χ1) is 9.02. The Balaban J connectivity index is 2.16. The lowest BCUT2D eigenvalue weighted by atomic mass is 10.3. The van der Waals surface area contributed by atoms with Gasteiger partial charge in [0.05, 0.1) is 21.5 Å². The third kappa shape index (κ3) is 2.89. The first kappa shape index (κ1) is 13.9. The van der Waals surface area contributed by atoms with Crippen molar-refractivity contribution in [1.29, 1.82) is 0 Å². The van der Waals surface area contributed by atoms with Crippen LogP contribution in [0.2, 0.25) is 0 Å². The lowest BCUT2D eigenvalue weighted by Gasteiger charge is -2.09. The monoisotopic (exact) mass is 327 g/mol. The van der Waals surface area contributed by atoms with Crippen molar-refractivity contribution in [3.8, 4) is 5.75 Å². The topological polar surface area (TPSA) is 53.1 Å². The Morgan fingerprint density at radius 1 is 1.47 bits per heavy atom. The molecule has 0 aliphatic heterocycles. The minimum absolute atomic E-state index is 0.114. The van der Waals surface area contributed by atoms with Crippen molar-refractivity contribution in [3.63, 3.8) is 0 Å². The lowest BCUT2D eigenvalue weighted by Crippen LogP contribution is -2.06. The number of halogens is 2. The molecule has 1 aromatic heterocycles. The molecule has 0 bridgehead atoms. The van der Waals surface area contributed by atoms with Gasteiger partial charge in [-0.1, -0.05) is 0 Å². The standard InChI is InChI=1S/C13H15BrFN3O/c1-3-18-12(13(14)8(2)17-18)7-19-9-4-5-11(16)10(15)6-9/h4-6H,3,7,16H2,1-2H3. The minimum atomic E-state index is -0.475. The van der Waals surface area contributed by atoms with Crippen molar-refractivity contribution in [2.24, 2.45) is 0 Å². The number of ether oxygens (including phenoxy) is 1. The molecule has 0 saturated heterocycles. The summed E-state index contributed by atoms with van der Waals surface area (Å²) in [6.07, 6.45) is 0. The maximum absolute atomic E-state index is 13.3. The van der Waals surface area contributed by atoms with Gasteiger partial charge in [0.15, 0.2) is 0 Å². The highest BCUT2D eigenvalue weighted by Gasteiger charge is 2.12. The summed E-state index contributed by atoms with van der Waals surface area (Å²) in [6.45, 7) is 4.99. The van der Waals surface area contributed by atoms with Crippen LogP contribution in [0.4, 0.5) is 10.1 Å². The summed E-state index contributed by atoms with van der Waals surface area (Å²) in [5.41, 5.74) is 7.37. The van der Waals surface area contributed by atoms with Crippen molar-refractivity contribution in [2.75, 3.05) is 5.73 Å². The van der Waals surface area contributed by atoms with Crippen molar-refractivity contribution in [2.45, 2.75) is 27.0 Å². The number of nitrogen functional groups attached to an aromatic ring is 1. The molecule has 1 heterocycles. The van der Waals surface area contributed by atoms with E-state index in [0.29, 0.717) is 12.4 Å². The Morgan fingerprint density at radius 3 is 2.84 bits per heavy atom. The number of anilines is 1. The second kappa shape index (κ2) is 5.61. The van der Waals surface area contributed by atoms with E-state index in [2.05, 4.69) is 21.0 Å². The van der Waals surface area contributed by atoms with E-state index >= 15 is 0 Å². The van der Waals surface area contributed by atoms with E-state index in [1.54, 1.807) is 6.07 Å². The van der Waals surface area contributed by atoms with Gasteiger partial charge in [-0.15, -0.1) is 0 Å². The van der Waals surface area contributed by atoms with Gasteiger partial charge in [0.25, 0.3) is 0 Å². The number of aryl methyl sites for hydroxylation is 2. The van der Waals surface area contributed by atoms with E-state index in [9.17, 15) is 4.39 Å². The van der Waals surface area contributed by atoms with Crippen LogP contribution >= 0.6 is 15.9 Å². The van der Waals surface area contributed by atoms with E-state index in [4.69, 9.17) is 10.5 Å². The van der Waals surface area contributed by atoms with Gasteiger partial charge in [0, 0.05) is 12.6 Å². The Kier molecular flexibility index (Phi) is 4.09. The zero-order chi connectivity index (χ0) is 14.0. The van der Waals surface area contributed by atoms with Crippen molar-refractivity contribution in [3.05, 3.63) is 39.9 Å². The number of hydrogen-bond acceptors (Lipinski definition) is 3. The maximum Gasteiger partial charge on any atom is 0.149 e. The van der Waals surface area contributed by atoms with Gasteiger partial charge in [0.2, 0.25) is 0 Å². The van der Waals surface area contributed by atoms with Gasteiger partial charge in [0.1, 0.15) is 18.2 Å². The smallest absolute Gasteiger partial charge is 0.149 e. The fraction of sp³-hybridized carbons (Fsp3) is 0.308. The number of aromatic nitrogens is 2. The Morgan fingerprint density at radius 2 is 2.21 bits per heavy atom. The Bertz CT molecular complexity index is 598. The van der Waals surface area contributed by atoms with Crippen LogP contribution in [0, 0.1) is 12.7 Å². The van der Waals surface area contributed by atoms with Crippen LogP contribution in [0.5, 0.6) is 5.75 Å². The highest BCUT2D eigenvalue weighted by atomic mass is 79.9. The number of hydrogen-bond donors (Lipinski definition) is 1. The van der Waals surface area contributed by atoms with Crippen LogP contribution in [0.15, 0.2) is 22.7 Å². The molecule has 0 saturated carbocycles. The van der Waals surface area contributed by atoms with E-state index in [1.165, 1.54) is 12.1 Å². The molecule has 0 atom stereocenters. The zero-order valence-corrected chi connectivity index (χ0v) is 12.4. The molecule has 0 unspecified atom stereocenters. The van der Waals surface area contributed by atoms with Gasteiger partial charge in [-0.05, 0) is 41.9 Å². The van der Waals surface area contributed by atoms with Crippen molar-refractivity contribution >= 4 is 21.6 Å². The van der Waals surface area contributed by atoms with Gasteiger partial charge >= 0.3 is 0 Å². The van der Waals surface area contributed by atoms with Crippen LogP contribution in [-0.2, 0) is 13.2 Å². The predicted octanol–water partition coefficient (Wildman–Crippen LogP) is 3.27. The second-order valence-electron chi connectivity index (χ2n) is 4.13. The predicted molar refractivity (Wildman–Crippen MR) is 75.5 cm³/mol. The van der Waals surface area contributed by atoms with E-state index in [-0.39, 0.29) is 5.69 Å². The van der Waals surface area contributed by atoms with Crippen LogP contribution < -0.4 is 10.5 Å². The Hall–Kier alpha value is -1.56. The molecule has 2 N–H and O–H groups in total.